The second-order valence-electron chi connectivity index (χ2n) is 5.50. The molecular weight excluding hydrogens is 322 g/mol. The van der Waals surface area contributed by atoms with Gasteiger partial charge in [0.05, 0.1) is 18.3 Å². The maximum Gasteiger partial charge on any atom is 0.340 e. The fourth-order valence-electron chi connectivity index (χ4n) is 2.70. The van der Waals surface area contributed by atoms with Crippen LogP contribution in [0.4, 0.5) is 5.69 Å². The Hall–Kier alpha value is -2.66. The molecule has 2 heterocycles. The Kier molecular flexibility index (Phi) is 4.36. The van der Waals surface area contributed by atoms with Crippen LogP contribution in [0.3, 0.4) is 0 Å². The molecule has 1 aliphatic heterocycles. The Morgan fingerprint density at radius 2 is 1.88 bits per heavy atom. The van der Waals surface area contributed by atoms with Crippen LogP contribution < -0.4 is 4.90 Å². The molecule has 122 valence electrons. The average Bonchev–Trinajstić information content (AvgIpc) is 3.16. The molecule has 0 radical (unpaired) electrons. The maximum atomic E-state index is 13.0. The van der Waals surface area contributed by atoms with Crippen molar-refractivity contribution in [1.82, 2.24) is 0 Å². The summed E-state index contributed by atoms with van der Waals surface area (Å²) < 4.78 is 4.89. The van der Waals surface area contributed by atoms with Gasteiger partial charge in [-0.15, -0.1) is 11.3 Å². The minimum absolute atomic E-state index is 0.217. The zero-order valence-corrected chi connectivity index (χ0v) is 14.5. The average molecular weight is 339 g/mol. The number of nitrogens with zero attached hydrogens (tertiary/aromatic N) is 1. The Labute approximate surface area is 144 Å². The lowest BCUT2D eigenvalue weighted by Crippen LogP contribution is -2.24. The molecule has 1 aliphatic rings. The van der Waals surface area contributed by atoms with Crippen LogP contribution in [0.25, 0.3) is 6.08 Å². The monoisotopic (exact) mass is 339 g/mol. The van der Waals surface area contributed by atoms with Crippen molar-refractivity contribution in [3.05, 3.63) is 69.1 Å². The van der Waals surface area contributed by atoms with E-state index < -0.39 is 5.97 Å². The summed E-state index contributed by atoms with van der Waals surface area (Å²) >= 11 is 1.51. The van der Waals surface area contributed by atoms with E-state index in [9.17, 15) is 9.59 Å². The fraction of sp³-hybridized carbons (Fsp3) is 0.158. The summed E-state index contributed by atoms with van der Waals surface area (Å²) in [6.45, 7) is 3.75. The minimum Gasteiger partial charge on any atom is -0.465 e. The first-order chi connectivity index (χ1) is 11.5. The number of esters is 1. The number of carbonyl (C=O) groups excluding carboxylic acids is 2. The molecule has 1 amide bonds. The standard InChI is InChI=1S/C19H17NO3S/c1-12-6-8-14(9-7-12)20-13(2)17(19(22)23-3)16(18(20)21)11-15-5-4-10-24-15/h4-11H,1-3H3. The van der Waals surface area contributed by atoms with E-state index in [4.69, 9.17) is 4.74 Å². The molecule has 0 unspecified atom stereocenters. The summed E-state index contributed by atoms with van der Waals surface area (Å²) in [6, 6.07) is 11.4. The lowest BCUT2D eigenvalue weighted by molar-refractivity contribution is -0.136. The van der Waals surface area contributed by atoms with Crippen molar-refractivity contribution in [2.24, 2.45) is 0 Å². The van der Waals surface area contributed by atoms with Gasteiger partial charge in [-0.3, -0.25) is 9.69 Å². The predicted octanol–water partition coefficient (Wildman–Crippen LogP) is 3.93. The lowest BCUT2D eigenvalue weighted by Gasteiger charge is -2.18. The van der Waals surface area contributed by atoms with E-state index in [1.807, 2.05) is 48.7 Å². The number of anilines is 1. The van der Waals surface area contributed by atoms with Gasteiger partial charge >= 0.3 is 5.97 Å². The smallest absolute Gasteiger partial charge is 0.340 e. The van der Waals surface area contributed by atoms with Gasteiger partial charge in [-0.1, -0.05) is 23.8 Å². The number of carbonyl (C=O) groups is 2. The summed E-state index contributed by atoms with van der Waals surface area (Å²) in [4.78, 5) is 27.7. The highest BCUT2D eigenvalue weighted by Crippen LogP contribution is 2.35. The molecule has 0 saturated carbocycles. The first-order valence-electron chi connectivity index (χ1n) is 7.49. The largest absolute Gasteiger partial charge is 0.465 e. The van der Waals surface area contributed by atoms with Gasteiger partial charge in [-0.05, 0) is 43.5 Å². The van der Waals surface area contributed by atoms with E-state index in [0.29, 0.717) is 16.8 Å². The number of methoxy groups -OCH3 is 1. The molecule has 2 aromatic rings. The molecule has 24 heavy (non-hydrogen) atoms. The molecule has 0 atom stereocenters. The number of allylic oxidation sites excluding steroid dienone is 1. The van der Waals surface area contributed by atoms with Gasteiger partial charge in [0.25, 0.3) is 5.91 Å². The van der Waals surface area contributed by atoms with Crippen LogP contribution in [0.1, 0.15) is 17.4 Å². The molecule has 3 rings (SSSR count). The van der Waals surface area contributed by atoms with Gasteiger partial charge < -0.3 is 4.74 Å². The Bertz CT molecular complexity index is 845. The maximum absolute atomic E-state index is 13.0. The number of amides is 1. The topological polar surface area (TPSA) is 46.6 Å². The highest BCUT2D eigenvalue weighted by molar-refractivity contribution is 7.10. The van der Waals surface area contributed by atoms with Crippen molar-refractivity contribution in [2.45, 2.75) is 13.8 Å². The number of rotatable bonds is 3. The summed E-state index contributed by atoms with van der Waals surface area (Å²) in [7, 11) is 1.32. The second kappa shape index (κ2) is 6.45. The Balaban J connectivity index is 2.12. The minimum atomic E-state index is -0.502. The third-order valence-corrected chi connectivity index (χ3v) is 4.73. The number of aryl methyl sites for hydroxylation is 1. The van der Waals surface area contributed by atoms with E-state index in [2.05, 4.69) is 0 Å². The van der Waals surface area contributed by atoms with Gasteiger partial charge in [0, 0.05) is 16.3 Å². The van der Waals surface area contributed by atoms with Crippen molar-refractivity contribution in [2.75, 3.05) is 12.0 Å². The summed E-state index contributed by atoms with van der Waals surface area (Å²) in [6.07, 6.45) is 1.75. The van der Waals surface area contributed by atoms with E-state index in [1.165, 1.54) is 18.4 Å². The van der Waals surface area contributed by atoms with Crippen molar-refractivity contribution < 1.29 is 14.3 Å². The van der Waals surface area contributed by atoms with Crippen LogP contribution in [0.2, 0.25) is 0 Å². The zero-order chi connectivity index (χ0) is 17.3. The van der Waals surface area contributed by atoms with Crippen LogP contribution in [0.5, 0.6) is 0 Å². The third-order valence-electron chi connectivity index (χ3n) is 3.91. The Morgan fingerprint density at radius 3 is 2.46 bits per heavy atom. The fourth-order valence-corrected chi connectivity index (χ4v) is 3.36. The molecule has 5 heteroatoms. The molecular formula is C19H17NO3S. The van der Waals surface area contributed by atoms with Gasteiger partial charge in [0.2, 0.25) is 0 Å². The lowest BCUT2D eigenvalue weighted by atomic mass is 10.1. The van der Waals surface area contributed by atoms with Crippen molar-refractivity contribution in [3.63, 3.8) is 0 Å². The van der Waals surface area contributed by atoms with E-state index in [1.54, 1.807) is 17.9 Å². The van der Waals surface area contributed by atoms with Crippen LogP contribution >= 0.6 is 11.3 Å². The number of thiophene rings is 1. The summed E-state index contributed by atoms with van der Waals surface area (Å²) in [5, 5.41) is 1.93. The van der Waals surface area contributed by atoms with Crippen molar-refractivity contribution >= 4 is 35.0 Å². The van der Waals surface area contributed by atoms with Crippen LogP contribution in [0, 0.1) is 6.92 Å². The molecule has 1 aromatic heterocycles. The highest BCUT2D eigenvalue weighted by Gasteiger charge is 2.37. The first kappa shape index (κ1) is 16.2. The first-order valence-corrected chi connectivity index (χ1v) is 8.36. The summed E-state index contributed by atoms with van der Waals surface area (Å²) in [5.74, 6) is -0.719. The molecule has 4 nitrogen and oxygen atoms in total. The van der Waals surface area contributed by atoms with Crippen molar-refractivity contribution in [1.29, 1.82) is 0 Å². The zero-order valence-electron chi connectivity index (χ0n) is 13.7. The van der Waals surface area contributed by atoms with Crippen LogP contribution in [-0.2, 0) is 14.3 Å². The van der Waals surface area contributed by atoms with Gasteiger partial charge in [-0.25, -0.2) is 4.79 Å². The number of ether oxygens (including phenoxy) is 1. The predicted molar refractivity (Wildman–Crippen MR) is 95.7 cm³/mol. The number of benzene rings is 1. The quantitative estimate of drug-likeness (QED) is 0.629. The summed E-state index contributed by atoms with van der Waals surface area (Å²) in [5.41, 5.74) is 3.10. The van der Waals surface area contributed by atoms with E-state index in [-0.39, 0.29) is 5.91 Å². The second-order valence-corrected chi connectivity index (χ2v) is 6.48. The highest BCUT2D eigenvalue weighted by atomic mass is 32.1. The van der Waals surface area contributed by atoms with E-state index in [0.717, 1.165) is 16.1 Å². The van der Waals surface area contributed by atoms with Gasteiger partial charge in [0.15, 0.2) is 0 Å². The molecule has 0 fully saturated rings. The van der Waals surface area contributed by atoms with E-state index >= 15 is 0 Å². The number of hydrogen-bond donors (Lipinski definition) is 0. The molecule has 0 saturated heterocycles. The molecule has 1 aromatic carbocycles. The van der Waals surface area contributed by atoms with Crippen LogP contribution in [-0.4, -0.2) is 19.0 Å². The number of hydrogen-bond acceptors (Lipinski definition) is 4. The Morgan fingerprint density at radius 1 is 1.17 bits per heavy atom. The molecule has 0 N–H and O–H groups in total. The van der Waals surface area contributed by atoms with Crippen molar-refractivity contribution in [3.8, 4) is 0 Å². The SMILES string of the molecule is COC(=O)C1=C(C)N(c2ccc(C)cc2)C(=O)C1=Cc1cccs1. The van der Waals surface area contributed by atoms with Gasteiger partial charge in [0.1, 0.15) is 0 Å². The van der Waals surface area contributed by atoms with Gasteiger partial charge in [-0.2, -0.15) is 0 Å². The third kappa shape index (κ3) is 2.78. The molecule has 0 spiro atoms. The normalized spacial score (nSPS) is 16.2. The van der Waals surface area contributed by atoms with Crippen LogP contribution in [0.15, 0.2) is 58.6 Å². The molecule has 0 bridgehead atoms. The molecule has 0 aliphatic carbocycles.